The van der Waals surface area contributed by atoms with E-state index in [4.69, 9.17) is 0 Å². The van der Waals surface area contributed by atoms with E-state index < -0.39 is 0 Å². The van der Waals surface area contributed by atoms with E-state index in [0.717, 1.165) is 63.7 Å². The zero-order chi connectivity index (χ0) is 21.8. The van der Waals surface area contributed by atoms with Gasteiger partial charge in [0.1, 0.15) is 18.0 Å². The molecule has 170 valence electrons. The molecular formula is C25H34N6O. The maximum atomic E-state index is 12.9. The number of carbonyl (C=O) groups excluding carboxylic acids is 1. The molecule has 1 saturated carbocycles. The molecule has 3 heterocycles. The minimum Gasteiger partial charge on any atom is -0.368 e. The molecule has 2 aromatic rings. The van der Waals surface area contributed by atoms with Crippen molar-refractivity contribution in [2.24, 2.45) is 5.92 Å². The average molecular weight is 435 g/mol. The van der Waals surface area contributed by atoms with Crippen LogP contribution in [0, 0.1) is 5.92 Å². The molecule has 0 radical (unpaired) electrons. The first-order valence-electron chi connectivity index (χ1n) is 12.2. The van der Waals surface area contributed by atoms with Crippen LogP contribution in [0.1, 0.15) is 38.5 Å². The van der Waals surface area contributed by atoms with Gasteiger partial charge in [-0.1, -0.05) is 18.2 Å². The highest BCUT2D eigenvalue weighted by atomic mass is 16.2. The summed E-state index contributed by atoms with van der Waals surface area (Å²) in [4.78, 5) is 28.5. The standard InChI is InChI=1S/C25H34N6O/c32-25(30-15-13-29(14-16-30)22-6-2-1-3-7-22)11-8-20-5-4-12-31(18-20)24-17-23(26-19-27-24)28-21-9-10-21/h1-3,6-7,17,19-21H,4-5,8-16,18H2,(H,26,27,28)/t20-/m0/s1. The number of carbonyl (C=O) groups is 1. The fourth-order valence-electron chi connectivity index (χ4n) is 4.88. The Balaban J connectivity index is 1.08. The van der Waals surface area contributed by atoms with Gasteiger partial charge in [-0.05, 0) is 50.2 Å². The second kappa shape index (κ2) is 9.76. The number of amides is 1. The van der Waals surface area contributed by atoms with E-state index in [2.05, 4.69) is 60.3 Å². The summed E-state index contributed by atoms with van der Waals surface area (Å²) in [7, 11) is 0. The second-order valence-corrected chi connectivity index (χ2v) is 9.38. The number of para-hydroxylation sites is 1. The summed E-state index contributed by atoms with van der Waals surface area (Å²) in [6.07, 6.45) is 8.12. The molecule has 7 heteroatoms. The Kier molecular flexibility index (Phi) is 6.41. The van der Waals surface area contributed by atoms with Gasteiger partial charge in [0, 0.05) is 63.5 Å². The number of rotatable bonds is 7. The number of anilines is 3. The van der Waals surface area contributed by atoms with Crippen LogP contribution in [0.25, 0.3) is 0 Å². The lowest BCUT2D eigenvalue weighted by molar-refractivity contribution is -0.131. The van der Waals surface area contributed by atoms with Crippen molar-refractivity contribution in [2.45, 2.75) is 44.6 Å². The highest BCUT2D eigenvalue weighted by Crippen LogP contribution is 2.28. The number of hydrogen-bond acceptors (Lipinski definition) is 6. The Labute approximate surface area is 190 Å². The minimum absolute atomic E-state index is 0.313. The van der Waals surface area contributed by atoms with Crippen LogP contribution >= 0.6 is 0 Å². The van der Waals surface area contributed by atoms with E-state index in [1.807, 2.05) is 6.07 Å². The highest BCUT2D eigenvalue weighted by molar-refractivity contribution is 5.76. The Hall–Kier alpha value is -2.83. The van der Waals surface area contributed by atoms with Crippen LogP contribution < -0.4 is 15.1 Å². The molecule has 1 aliphatic carbocycles. The molecule has 0 spiro atoms. The summed E-state index contributed by atoms with van der Waals surface area (Å²) in [6.45, 7) is 5.49. The van der Waals surface area contributed by atoms with Gasteiger partial charge in [0.05, 0.1) is 0 Å². The predicted octanol–water partition coefficient (Wildman–Crippen LogP) is 3.40. The maximum absolute atomic E-state index is 12.9. The lowest BCUT2D eigenvalue weighted by Gasteiger charge is -2.37. The summed E-state index contributed by atoms with van der Waals surface area (Å²) in [5.74, 6) is 2.81. The van der Waals surface area contributed by atoms with Gasteiger partial charge in [0.2, 0.25) is 5.91 Å². The first-order chi connectivity index (χ1) is 15.7. The summed E-state index contributed by atoms with van der Waals surface area (Å²) in [5, 5.41) is 3.47. The second-order valence-electron chi connectivity index (χ2n) is 9.38. The van der Waals surface area contributed by atoms with Crippen molar-refractivity contribution < 1.29 is 4.79 Å². The molecule has 2 saturated heterocycles. The van der Waals surface area contributed by atoms with Crippen LogP contribution in [-0.4, -0.2) is 66.1 Å². The zero-order valence-corrected chi connectivity index (χ0v) is 18.8. The van der Waals surface area contributed by atoms with E-state index in [9.17, 15) is 4.79 Å². The molecule has 1 N–H and O–H groups in total. The van der Waals surface area contributed by atoms with Crippen LogP contribution in [0.2, 0.25) is 0 Å². The van der Waals surface area contributed by atoms with Gasteiger partial charge < -0.3 is 20.0 Å². The summed E-state index contributed by atoms with van der Waals surface area (Å²) in [6, 6.07) is 13.2. The molecule has 3 fully saturated rings. The van der Waals surface area contributed by atoms with Crippen molar-refractivity contribution in [1.29, 1.82) is 0 Å². The van der Waals surface area contributed by atoms with Crippen molar-refractivity contribution in [3.8, 4) is 0 Å². The Morgan fingerprint density at radius 3 is 2.56 bits per heavy atom. The third kappa shape index (κ3) is 5.31. The third-order valence-electron chi connectivity index (χ3n) is 6.95. The third-order valence-corrected chi connectivity index (χ3v) is 6.95. The fraction of sp³-hybridized carbons (Fsp3) is 0.560. The Morgan fingerprint density at radius 2 is 1.78 bits per heavy atom. The van der Waals surface area contributed by atoms with Crippen LogP contribution in [0.15, 0.2) is 42.7 Å². The first-order valence-corrected chi connectivity index (χ1v) is 12.2. The Morgan fingerprint density at radius 1 is 0.969 bits per heavy atom. The van der Waals surface area contributed by atoms with Gasteiger partial charge >= 0.3 is 0 Å². The minimum atomic E-state index is 0.313. The van der Waals surface area contributed by atoms with Crippen molar-refractivity contribution in [1.82, 2.24) is 14.9 Å². The molecule has 1 atom stereocenters. The predicted molar refractivity (Wildman–Crippen MR) is 128 cm³/mol. The average Bonchev–Trinajstić information content (AvgIpc) is 3.67. The lowest BCUT2D eigenvalue weighted by atomic mass is 9.93. The highest BCUT2D eigenvalue weighted by Gasteiger charge is 2.26. The molecule has 3 aliphatic rings. The zero-order valence-electron chi connectivity index (χ0n) is 18.8. The summed E-state index contributed by atoms with van der Waals surface area (Å²) < 4.78 is 0. The molecule has 0 unspecified atom stereocenters. The van der Waals surface area contributed by atoms with Gasteiger partial charge in [-0.2, -0.15) is 0 Å². The van der Waals surface area contributed by atoms with E-state index in [-0.39, 0.29) is 0 Å². The fourth-order valence-corrected chi connectivity index (χ4v) is 4.88. The number of benzene rings is 1. The van der Waals surface area contributed by atoms with Crippen LogP contribution in [0.4, 0.5) is 17.3 Å². The number of hydrogen-bond donors (Lipinski definition) is 1. The van der Waals surface area contributed by atoms with Crippen LogP contribution in [-0.2, 0) is 4.79 Å². The monoisotopic (exact) mass is 434 g/mol. The smallest absolute Gasteiger partial charge is 0.222 e. The molecule has 7 nitrogen and oxygen atoms in total. The van der Waals surface area contributed by atoms with E-state index in [0.29, 0.717) is 24.3 Å². The van der Waals surface area contributed by atoms with Gasteiger partial charge in [-0.15, -0.1) is 0 Å². The summed E-state index contributed by atoms with van der Waals surface area (Å²) in [5.41, 5.74) is 1.25. The van der Waals surface area contributed by atoms with E-state index >= 15 is 0 Å². The molecule has 1 aromatic carbocycles. The topological polar surface area (TPSA) is 64.6 Å². The number of nitrogens with one attached hydrogen (secondary N) is 1. The number of nitrogens with zero attached hydrogens (tertiary/aromatic N) is 5. The number of piperidine rings is 1. The van der Waals surface area contributed by atoms with Crippen LogP contribution in [0.3, 0.4) is 0 Å². The SMILES string of the molecule is O=C(CC[C@@H]1CCCN(c2cc(NC3CC3)ncn2)C1)N1CCN(c2ccccc2)CC1. The molecule has 1 aromatic heterocycles. The summed E-state index contributed by atoms with van der Waals surface area (Å²) >= 11 is 0. The molecule has 5 rings (SSSR count). The first kappa shape index (κ1) is 21.0. The van der Waals surface area contributed by atoms with Crippen molar-refractivity contribution in [2.75, 3.05) is 54.4 Å². The Bertz CT molecular complexity index is 894. The maximum Gasteiger partial charge on any atom is 0.222 e. The van der Waals surface area contributed by atoms with Gasteiger partial charge in [-0.3, -0.25) is 4.79 Å². The van der Waals surface area contributed by atoms with Crippen molar-refractivity contribution in [3.63, 3.8) is 0 Å². The number of piperazine rings is 1. The molecule has 0 bridgehead atoms. The quantitative estimate of drug-likeness (QED) is 0.721. The largest absolute Gasteiger partial charge is 0.368 e. The number of aromatic nitrogens is 2. The molecule has 32 heavy (non-hydrogen) atoms. The van der Waals surface area contributed by atoms with Gasteiger partial charge in [0.15, 0.2) is 0 Å². The van der Waals surface area contributed by atoms with Crippen molar-refractivity contribution in [3.05, 3.63) is 42.7 Å². The molecule has 1 amide bonds. The van der Waals surface area contributed by atoms with Crippen molar-refractivity contribution >= 4 is 23.2 Å². The lowest BCUT2D eigenvalue weighted by Crippen LogP contribution is -2.49. The normalized spacial score (nSPS) is 21.5. The van der Waals surface area contributed by atoms with Crippen LogP contribution in [0.5, 0.6) is 0 Å². The molecule has 2 aliphatic heterocycles. The van der Waals surface area contributed by atoms with Gasteiger partial charge in [-0.25, -0.2) is 9.97 Å². The molecular weight excluding hydrogens is 400 g/mol. The van der Waals surface area contributed by atoms with Gasteiger partial charge in [0.25, 0.3) is 0 Å². The van der Waals surface area contributed by atoms with E-state index in [1.165, 1.54) is 24.9 Å². The van der Waals surface area contributed by atoms with E-state index in [1.54, 1.807) is 6.33 Å².